The molecule has 0 spiro atoms. The van der Waals surface area contributed by atoms with Crippen LogP contribution in [0.5, 0.6) is 5.75 Å². The molecule has 4 heteroatoms. The molecule has 0 fully saturated rings. The molecule has 0 aliphatic heterocycles. The molecule has 0 saturated heterocycles. The van der Waals surface area contributed by atoms with Gasteiger partial charge in [-0.15, -0.1) is 0 Å². The Hall–Kier alpha value is -1.55. The third-order valence-corrected chi connectivity index (χ3v) is 1.56. The Kier molecular flexibility index (Phi) is 3.94. The van der Waals surface area contributed by atoms with Crippen molar-refractivity contribution in [2.24, 2.45) is 0 Å². The second-order valence-corrected chi connectivity index (χ2v) is 2.74. The van der Waals surface area contributed by atoms with E-state index in [-0.39, 0.29) is 12.5 Å². The van der Waals surface area contributed by atoms with Gasteiger partial charge in [0, 0.05) is 6.92 Å². The Morgan fingerprint density at radius 2 is 2.14 bits per heavy atom. The number of amides is 1. The summed E-state index contributed by atoms with van der Waals surface area (Å²) in [7, 11) is 0. The zero-order chi connectivity index (χ0) is 10.4. The molecule has 0 saturated carbocycles. The van der Waals surface area contributed by atoms with Gasteiger partial charge in [-0.1, -0.05) is 12.1 Å². The van der Waals surface area contributed by atoms with Gasteiger partial charge in [0.1, 0.15) is 5.75 Å². The fourth-order valence-corrected chi connectivity index (χ4v) is 0.854. The molecule has 0 atom stereocenters. The predicted octanol–water partition coefficient (Wildman–Crippen LogP) is 0.813. The highest BCUT2D eigenvalue weighted by molar-refractivity contribution is 5.73. The van der Waals surface area contributed by atoms with Crippen molar-refractivity contribution >= 4 is 5.91 Å². The third kappa shape index (κ3) is 3.45. The Morgan fingerprint density at radius 1 is 1.50 bits per heavy atom. The lowest BCUT2D eigenvalue weighted by Gasteiger charge is -2.05. The largest absolute Gasteiger partial charge is 0.465 e. The first-order valence-electron chi connectivity index (χ1n) is 4.17. The number of aliphatic hydroxyl groups is 1. The third-order valence-electron chi connectivity index (χ3n) is 1.56. The number of benzene rings is 1. The zero-order valence-corrected chi connectivity index (χ0v) is 7.86. The average molecular weight is 194 g/mol. The summed E-state index contributed by atoms with van der Waals surface area (Å²) in [5, 5.41) is 11.2. The van der Waals surface area contributed by atoms with Crippen molar-refractivity contribution in [3.63, 3.8) is 0 Å². The zero-order valence-electron chi connectivity index (χ0n) is 7.86. The second kappa shape index (κ2) is 5.24. The molecule has 0 aliphatic rings. The number of carbonyl (C=O) groups excluding carboxylic acids is 1. The van der Waals surface area contributed by atoms with Gasteiger partial charge in [0.05, 0.1) is 6.61 Å². The Bertz CT molecular complexity index is 295. The number of carbonyl (C=O) groups is 1. The Labute approximate surface area is 82.5 Å². The molecule has 0 aromatic heterocycles. The minimum Gasteiger partial charge on any atom is -0.465 e. The molecule has 0 heterocycles. The molecule has 1 rings (SSSR count). The first-order valence-corrected chi connectivity index (χ1v) is 4.17. The van der Waals surface area contributed by atoms with Crippen molar-refractivity contribution < 1.29 is 14.6 Å². The summed E-state index contributed by atoms with van der Waals surface area (Å²) < 4.78 is 5.08. The summed E-state index contributed by atoms with van der Waals surface area (Å²) in [6, 6.07) is 6.92. The van der Waals surface area contributed by atoms with E-state index in [0.717, 1.165) is 5.56 Å². The molecule has 1 aromatic rings. The van der Waals surface area contributed by atoms with Gasteiger partial charge >= 0.3 is 0 Å². The van der Waals surface area contributed by atoms with Crippen molar-refractivity contribution in [1.82, 2.24) is 5.32 Å². The lowest BCUT2D eigenvalue weighted by molar-refractivity contribution is -0.118. The van der Waals surface area contributed by atoms with E-state index in [9.17, 15) is 4.79 Å². The number of aliphatic hydroxyl groups excluding tert-OH is 1. The van der Waals surface area contributed by atoms with E-state index in [1.54, 1.807) is 24.3 Å². The Balaban J connectivity index is 2.40. The quantitative estimate of drug-likeness (QED) is 0.745. The van der Waals surface area contributed by atoms with Crippen LogP contribution in [0.1, 0.15) is 12.5 Å². The molecule has 2 N–H and O–H groups in total. The van der Waals surface area contributed by atoms with Crippen molar-refractivity contribution in [3.05, 3.63) is 36.6 Å². The summed E-state index contributed by atoms with van der Waals surface area (Å²) in [6.07, 6.45) is 0. The van der Waals surface area contributed by atoms with E-state index in [0.29, 0.717) is 5.75 Å². The molecular formula is C10H12NO3. The van der Waals surface area contributed by atoms with E-state index in [2.05, 4.69) is 5.32 Å². The minimum atomic E-state index is -0.183. The number of hydrogen-bond donors (Lipinski definition) is 2. The van der Waals surface area contributed by atoms with Crippen LogP contribution in [0.4, 0.5) is 0 Å². The molecule has 1 amide bonds. The summed E-state index contributed by atoms with van der Waals surface area (Å²) in [6.45, 7) is 2.63. The fraction of sp³-hybridized carbons (Fsp3) is 0.200. The monoisotopic (exact) mass is 194 g/mol. The van der Waals surface area contributed by atoms with Gasteiger partial charge < -0.3 is 15.2 Å². The van der Waals surface area contributed by atoms with Crippen LogP contribution in [0.25, 0.3) is 0 Å². The maximum Gasteiger partial charge on any atom is 0.228 e. The molecule has 75 valence electrons. The van der Waals surface area contributed by atoms with Crippen LogP contribution < -0.4 is 10.1 Å². The van der Waals surface area contributed by atoms with Crippen LogP contribution >= 0.6 is 0 Å². The standard InChI is InChI=1S/C10H12NO3/c1-8(13)11-7-14-10-4-2-9(6-12)3-5-10/h2-5,7,12H,6H2,1H3,(H,11,13). The van der Waals surface area contributed by atoms with Gasteiger partial charge in [-0.3, -0.25) is 4.79 Å². The van der Waals surface area contributed by atoms with E-state index in [1.807, 2.05) is 0 Å². The smallest absolute Gasteiger partial charge is 0.228 e. The summed E-state index contributed by atoms with van der Waals surface area (Å²) in [5.74, 6) is 0.424. The average Bonchev–Trinajstić information content (AvgIpc) is 2.18. The van der Waals surface area contributed by atoms with Crippen molar-refractivity contribution in [1.29, 1.82) is 0 Å². The van der Waals surface area contributed by atoms with E-state index in [4.69, 9.17) is 9.84 Å². The number of nitrogens with one attached hydrogen (secondary N) is 1. The first-order chi connectivity index (χ1) is 6.72. The lowest BCUT2D eigenvalue weighted by atomic mass is 10.2. The maximum absolute atomic E-state index is 10.5. The van der Waals surface area contributed by atoms with Gasteiger partial charge in [0.25, 0.3) is 0 Å². The van der Waals surface area contributed by atoms with Gasteiger partial charge in [-0.25, -0.2) is 0 Å². The van der Waals surface area contributed by atoms with Gasteiger partial charge in [0.2, 0.25) is 12.6 Å². The maximum atomic E-state index is 10.5. The predicted molar refractivity (Wildman–Crippen MR) is 51.1 cm³/mol. The summed E-state index contributed by atoms with van der Waals surface area (Å²) in [4.78, 5) is 10.5. The van der Waals surface area contributed by atoms with Crippen molar-refractivity contribution in [3.8, 4) is 5.75 Å². The summed E-state index contributed by atoms with van der Waals surface area (Å²) in [5.41, 5.74) is 0.817. The number of rotatable bonds is 4. The minimum absolute atomic E-state index is 0.00961. The summed E-state index contributed by atoms with van der Waals surface area (Å²) >= 11 is 0. The van der Waals surface area contributed by atoms with Crippen molar-refractivity contribution in [2.75, 3.05) is 0 Å². The van der Waals surface area contributed by atoms with Crippen LogP contribution in [0.15, 0.2) is 24.3 Å². The molecule has 4 nitrogen and oxygen atoms in total. The molecule has 0 unspecified atom stereocenters. The van der Waals surface area contributed by atoms with Crippen LogP contribution in [-0.2, 0) is 11.4 Å². The molecule has 0 aliphatic carbocycles. The van der Waals surface area contributed by atoms with E-state index >= 15 is 0 Å². The van der Waals surface area contributed by atoms with Gasteiger partial charge in [-0.2, -0.15) is 0 Å². The second-order valence-electron chi connectivity index (χ2n) is 2.74. The van der Waals surface area contributed by atoms with E-state index in [1.165, 1.54) is 13.7 Å². The number of hydrogen-bond acceptors (Lipinski definition) is 3. The molecule has 1 aromatic carbocycles. The lowest BCUT2D eigenvalue weighted by Crippen LogP contribution is -2.19. The fourth-order valence-electron chi connectivity index (χ4n) is 0.854. The highest BCUT2D eigenvalue weighted by atomic mass is 16.5. The van der Waals surface area contributed by atoms with Gasteiger partial charge in [0.15, 0.2) is 0 Å². The molecule has 0 bridgehead atoms. The van der Waals surface area contributed by atoms with Crippen LogP contribution in [0, 0.1) is 6.73 Å². The first kappa shape index (κ1) is 10.5. The molecule has 14 heavy (non-hydrogen) atoms. The van der Waals surface area contributed by atoms with Gasteiger partial charge in [-0.05, 0) is 17.7 Å². The normalized spacial score (nSPS) is 9.57. The van der Waals surface area contributed by atoms with Crippen LogP contribution in [-0.4, -0.2) is 11.0 Å². The van der Waals surface area contributed by atoms with E-state index < -0.39 is 0 Å². The van der Waals surface area contributed by atoms with Crippen molar-refractivity contribution in [2.45, 2.75) is 13.5 Å². The topological polar surface area (TPSA) is 58.6 Å². The number of ether oxygens (including phenoxy) is 1. The highest BCUT2D eigenvalue weighted by Gasteiger charge is 1.95. The van der Waals surface area contributed by atoms with Crippen LogP contribution in [0.3, 0.4) is 0 Å². The highest BCUT2D eigenvalue weighted by Crippen LogP contribution is 2.12. The molecular weight excluding hydrogens is 182 g/mol. The SMILES string of the molecule is CC(=O)N[CH]Oc1ccc(CO)cc1. The van der Waals surface area contributed by atoms with Crippen LogP contribution in [0.2, 0.25) is 0 Å². The molecule has 1 radical (unpaired) electrons. The Morgan fingerprint density at radius 3 is 2.64 bits per heavy atom.